The topological polar surface area (TPSA) is 57.4 Å². The van der Waals surface area contributed by atoms with Crippen LogP contribution in [0.2, 0.25) is 0 Å². The molecule has 2 fully saturated rings. The normalized spacial score (nSPS) is 30.1. The summed E-state index contributed by atoms with van der Waals surface area (Å²) in [4.78, 5) is 28.4. The van der Waals surface area contributed by atoms with Gasteiger partial charge in [0.05, 0.1) is 5.56 Å². The smallest absolute Gasteiger partial charge is 0.335 e. The second-order valence-electron chi connectivity index (χ2n) is 9.48. The molecular weight excluding hydrogens is 465 g/mol. The van der Waals surface area contributed by atoms with Gasteiger partial charge >= 0.3 is 6.18 Å². The molecule has 1 saturated carbocycles. The van der Waals surface area contributed by atoms with Crippen LogP contribution < -0.4 is 0 Å². The highest BCUT2D eigenvalue weighted by Gasteiger charge is 2.46. The van der Waals surface area contributed by atoms with Crippen molar-refractivity contribution in [3.63, 3.8) is 0 Å². The van der Waals surface area contributed by atoms with Gasteiger partial charge < -0.3 is 4.90 Å². The van der Waals surface area contributed by atoms with E-state index in [4.69, 9.17) is 11.6 Å². The largest absolute Gasteiger partial charge is 0.416 e. The lowest BCUT2D eigenvalue weighted by Gasteiger charge is -2.21. The second kappa shape index (κ2) is 9.29. The Morgan fingerprint density at radius 3 is 2.59 bits per heavy atom. The van der Waals surface area contributed by atoms with E-state index in [2.05, 4.69) is 21.1 Å². The number of aliphatic imine (C=N–C) groups is 3. The van der Waals surface area contributed by atoms with E-state index < -0.39 is 11.7 Å². The molecule has 0 aromatic heterocycles. The lowest BCUT2D eigenvalue weighted by atomic mass is 9.91. The molecule has 0 N–H and O–H groups in total. The molecule has 180 valence electrons. The summed E-state index contributed by atoms with van der Waals surface area (Å²) in [7, 11) is 0. The molecule has 1 aliphatic carbocycles. The van der Waals surface area contributed by atoms with Gasteiger partial charge in [0, 0.05) is 25.2 Å². The van der Waals surface area contributed by atoms with Crippen molar-refractivity contribution in [1.82, 2.24) is 4.90 Å². The number of amidine groups is 2. The zero-order valence-corrected chi connectivity index (χ0v) is 19.4. The summed E-state index contributed by atoms with van der Waals surface area (Å²) in [6.07, 6.45) is 3.12. The molecule has 0 bridgehead atoms. The first-order valence-electron chi connectivity index (χ1n) is 11.7. The number of rotatable bonds is 4. The minimum Gasteiger partial charge on any atom is -0.335 e. The number of carbonyl (C=O) groups excluding carboxylic acids is 1. The molecule has 0 radical (unpaired) electrons. The second-order valence-corrected chi connectivity index (χ2v) is 9.85. The van der Waals surface area contributed by atoms with Gasteiger partial charge in [-0.15, -0.1) is 11.6 Å². The highest BCUT2D eigenvalue weighted by atomic mass is 35.5. The van der Waals surface area contributed by atoms with Crippen LogP contribution in [0.5, 0.6) is 0 Å². The maximum atomic E-state index is 13.5. The first-order chi connectivity index (χ1) is 16.3. The van der Waals surface area contributed by atoms with Gasteiger partial charge in [-0.25, -0.2) is 9.98 Å². The third-order valence-electron chi connectivity index (χ3n) is 7.32. The Bertz CT molecular complexity index is 1080. The number of likely N-dealkylation sites (tertiary alicyclic amines) is 1. The quantitative estimate of drug-likeness (QED) is 0.531. The van der Waals surface area contributed by atoms with Gasteiger partial charge in [-0.1, -0.05) is 24.3 Å². The third kappa shape index (κ3) is 4.57. The predicted octanol–water partition coefficient (Wildman–Crippen LogP) is 5.26. The Kier molecular flexibility index (Phi) is 6.35. The van der Waals surface area contributed by atoms with Crippen LogP contribution in [-0.4, -0.2) is 53.7 Å². The van der Waals surface area contributed by atoms with Crippen molar-refractivity contribution < 1.29 is 18.0 Å². The van der Waals surface area contributed by atoms with Crippen LogP contribution in [0.15, 0.2) is 50.9 Å². The van der Waals surface area contributed by atoms with E-state index in [9.17, 15) is 18.0 Å². The number of hydrogen-bond acceptors (Lipinski definition) is 4. The fraction of sp³-hybridized carbons (Fsp3) is 0.520. The zero-order valence-electron chi connectivity index (χ0n) is 18.6. The minimum absolute atomic E-state index is 0.131. The minimum atomic E-state index is -4.35. The molecule has 1 aromatic carbocycles. The summed E-state index contributed by atoms with van der Waals surface area (Å²) in [6, 6.07) is 5.66. The Labute approximate surface area is 201 Å². The maximum Gasteiger partial charge on any atom is 0.416 e. The van der Waals surface area contributed by atoms with Gasteiger partial charge in [0.25, 0.3) is 5.91 Å². The summed E-state index contributed by atoms with van der Waals surface area (Å²) in [5.41, 5.74) is 0.901. The Hall–Kier alpha value is -2.48. The van der Waals surface area contributed by atoms with Crippen LogP contribution in [0.25, 0.3) is 0 Å². The van der Waals surface area contributed by atoms with Gasteiger partial charge in [0.2, 0.25) is 5.84 Å². The van der Waals surface area contributed by atoms with E-state index >= 15 is 0 Å². The number of carbonyl (C=O) groups is 1. The van der Waals surface area contributed by atoms with Crippen molar-refractivity contribution in [3.05, 3.63) is 47.0 Å². The molecule has 9 heteroatoms. The summed E-state index contributed by atoms with van der Waals surface area (Å²) in [5.74, 6) is 1.33. The van der Waals surface area contributed by atoms with Gasteiger partial charge in [-0.2, -0.15) is 13.2 Å². The number of halogens is 4. The first-order valence-corrected chi connectivity index (χ1v) is 12.3. The average molecular weight is 491 g/mol. The third-order valence-corrected chi connectivity index (χ3v) is 7.51. The van der Waals surface area contributed by atoms with Crippen LogP contribution in [0.4, 0.5) is 13.2 Å². The Morgan fingerprint density at radius 1 is 1.15 bits per heavy atom. The molecule has 4 atom stereocenters. The molecule has 3 aliphatic heterocycles. The number of nitrogens with zero attached hydrogens (tertiary/aromatic N) is 4. The van der Waals surface area contributed by atoms with E-state index in [0.717, 1.165) is 30.9 Å². The number of benzene rings is 1. The predicted molar refractivity (Wildman–Crippen MR) is 127 cm³/mol. The number of alkyl halides is 4. The molecular formula is C25H26ClF3N4O. The van der Waals surface area contributed by atoms with Crippen molar-refractivity contribution in [2.45, 2.75) is 50.2 Å². The molecule has 1 saturated heterocycles. The first kappa shape index (κ1) is 23.3. The molecule has 0 spiro atoms. The fourth-order valence-corrected chi connectivity index (χ4v) is 5.92. The Balaban J connectivity index is 1.24. The molecule has 5 nitrogen and oxygen atoms in total. The summed E-state index contributed by atoms with van der Waals surface area (Å²) < 4.78 is 40.4. The molecule has 3 heterocycles. The van der Waals surface area contributed by atoms with E-state index in [-0.39, 0.29) is 35.5 Å². The molecule has 2 unspecified atom stereocenters. The van der Waals surface area contributed by atoms with Crippen molar-refractivity contribution in [2.24, 2.45) is 26.8 Å². The van der Waals surface area contributed by atoms with E-state index in [1.54, 1.807) is 23.2 Å². The van der Waals surface area contributed by atoms with Crippen LogP contribution in [0.1, 0.15) is 49.1 Å². The lowest BCUT2D eigenvalue weighted by Crippen LogP contribution is -2.34. The number of fused-ring (bicyclic) bond motifs is 2. The number of hydrogen-bond donors (Lipinski definition) is 0. The van der Waals surface area contributed by atoms with Crippen LogP contribution in [-0.2, 0) is 11.0 Å². The standard InChI is InChI=1S/C25H26ClF3N4O/c26-9-8-15-4-3-7-21-22(30-12-15)32-23(31-21)24(34)33-13-17-10-16(11-18(17)14-33)19-5-1-2-6-20(19)25(27,28)29/h1-2,4-6,12,16-18,21H,3,7-11,13-14H2/b15-4-,30-12?/t16?,17-,18+,21?. The summed E-state index contributed by atoms with van der Waals surface area (Å²) >= 11 is 5.83. The number of amides is 1. The van der Waals surface area contributed by atoms with Crippen molar-refractivity contribution >= 4 is 35.4 Å². The maximum absolute atomic E-state index is 13.5. The average Bonchev–Trinajstić information content (AvgIpc) is 3.48. The molecule has 5 rings (SSSR count). The van der Waals surface area contributed by atoms with Crippen molar-refractivity contribution in [3.8, 4) is 0 Å². The van der Waals surface area contributed by atoms with Gasteiger partial charge in [-0.3, -0.25) is 9.79 Å². The molecule has 1 amide bonds. The monoisotopic (exact) mass is 490 g/mol. The van der Waals surface area contributed by atoms with Gasteiger partial charge in [0.15, 0.2) is 5.84 Å². The van der Waals surface area contributed by atoms with E-state index in [1.165, 1.54) is 6.07 Å². The van der Waals surface area contributed by atoms with Crippen LogP contribution in [0, 0.1) is 11.8 Å². The molecule has 4 aliphatic rings. The zero-order chi connectivity index (χ0) is 23.9. The van der Waals surface area contributed by atoms with Crippen LogP contribution >= 0.6 is 11.6 Å². The Morgan fingerprint density at radius 2 is 1.88 bits per heavy atom. The van der Waals surface area contributed by atoms with Crippen molar-refractivity contribution in [1.29, 1.82) is 0 Å². The molecule has 34 heavy (non-hydrogen) atoms. The summed E-state index contributed by atoms with van der Waals surface area (Å²) in [6.45, 7) is 1.07. The SMILES string of the molecule is O=C(C1=NC2CC/C=C(/CCCl)C=NC2=N1)N1C[C@H]2CC(c3ccccc3C(F)(F)F)C[C@H]2C1. The van der Waals surface area contributed by atoms with Gasteiger partial charge in [0.1, 0.15) is 6.04 Å². The fourth-order valence-electron chi connectivity index (χ4n) is 5.71. The van der Waals surface area contributed by atoms with E-state index in [0.29, 0.717) is 43.2 Å². The summed E-state index contributed by atoms with van der Waals surface area (Å²) in [5, 5.41) is 0. The van der Waals surface area contributed by atoms with E-state index in [1.807, 2.05) is 0 Å². The molecule has 1 aromatic rings. The van der Waals surface area contributed by atoms with Gasteiger partial charge in [-0.05, 0) is 67.1 Å². The number of allylic oxidation sites excluding steroid dienone is 2. The highest BCUT2D eigenvalue weighted by Crippen LogP contribution is 2.48. The lowest BCUT2D eigenvalue weighted by molar-refractivity contribution is -0.138. The van der Waals surface area contributed by atoms with Crippen LogP contribution in [0.3, 0.4) is 0 Å². The highest BCUT2D eigenvalue weighted by molar-refractivity contribution is 6.41. The van der Waals surface area contributed by atoms with Crippen molar-refractivity contribution in [2.75, 3.05) is 19.0 Å².